The maximum atomic E-state index is 12.4. The van der Waals surface area contributed by atoms with Gasteiger partial charge in [0.1, 0.15) is 11.4 Å². The van der Waals surface area contributed by atoms with Crippen LogP contribution in [0.5, 0.6) is 0 Å². The molecule has 134 valence electrons. The molecule has 0 aliphatic carbocycles. The molecular formula is C19H19FN4OS. The topological polar surface area (TPSA) is 61.3 Å². The summed E-state index contributed by atoms with van der Waals surface area (Å²) in [6.07, 6.45) is 1.76. The van der Waals surface area contributed by atoms with Crippen LogP contribution in [-0.4, -0.2) is 46.6 Å². The van der Waals surface area contributed by atoms with Crippen molar-refractivity contribution >= 4 is 34.6 Å². The third kappa shape index (κ3) is 3.20. The molecule has 1 aromatic carbocycles. The van der Waals surface area contributed by atoms with Crippen molar-refractivity contribution in [3.05, 3.63) is 48.7 Å². The van der Waals surface area contributed by atoms with Gasteiger partial charge in [-0.3, -0.25) is 0 Å². The molecule has 2 N–H and O–H groups in total. The lowest BCUT2D eigenvalue weighted by atomic mass is 9.95. The lowest BCUT2D eigenvalue weighted by molar-refractivity contribution is 0.0355. The van der Waals surface area contributed by atoms with Crippen molar-refractivity contribution in [2.75, 3.05) is 36.1 Å². The molecule has 5 nitrogen and oxygen atoms in total. The number of β-amino-alcohol motifs (C(OH)–C–C–N with tert-alkyl or cyclic N) is 1. The molecular weight excluding hydrogens is 351 g/mol. The number of anilines is 2. The van der Waals surface area contributed by atoms with Gasteiger partial charge in [-0.2, -0.15) is 3.89 Å². The van der Waals surface area contributed by atoms with Crippen LogP contribution < -0.4 is 10.2 Å². The minimum absolute atomic E-state index is 0.114. The normalized spacial score (nSPS) is 15.7. The third-order valence-corrected chi connectivity index (χ3v) is 5.29. The fraction of sp³-hybridized carbons (Fsp3) is 0.263. The van der Waals surface area contributed by atoms with Crippen molar-refractivity contribution in [2.24, 2.45) is 0 Å². The van der Waals surface area contributed by atoms with E-state index in [4.69, 9.17) is 4.98 Å². The zero-order valence-electron chi connectivity index (χ0n) is 14.3. The fourth-order valence-electron chi connectivity index (χ4n) is 3.24. The van der Waals surface area contributed by atoms with Crippen LogP contribution in [0, 0.1) is 0 Å². The molecule has 0 atom stereocenters. The smallest absolute Gasteiger partial charge is 0.126 e. The molecule has 4 rings (SSSR count). The van der Waals surface area contributed by atoms with Crippen LogP contribution >= 0.6 is 12.1 Å². The summed E-state index contributed by atoms with van der Waals surface area (Å²) in [5.41, 5.74) is 2.89. The summed E-state index contributed by atoms with van der Waals surface area (Å²) in [7, 11) is 1.84. The minimum Gasteiger partial charge on any atom is -0.385 e. The van der Waals surface area contributed by atoms with Gasteiger partial charge in [0.05, 0.1) is 17.0 Å². The Kier molecular flexibility index (Phi) is 4.42. The Labute approximate surface area is 155 Å². The molecule has 1 aliphatic rings. The number of nitrogens with zero attached hydrogens (tertiary/aromatic N) is 3. The number of pyridine rings is 2. The molecule has 3 heterocycles. The second-order valence-electron chi connectivity index (χ2n) is 6.59. The highest BCUT2D eigenvalue weighted by molar-refractivity contribution is 7.94. The molecule has 1 fully saturated rings. The Morgan fingerprint density at radius 1 is 1.23 bits per heavy atom. The maximum Gasteiger partial charge on any atom is 0.126 e. The number of rotatable bonds is 5. The van der Waals surface area contributed by atoms with Crippen molar-refractivity contribution in [2.45, 2.75) is 5.60 Å². The number of benzene rings is 1. The molecule has 0 amide bonds. The van der Waals surface area contributed by atoms with Gasteiger partial charge in [0.25, 0.3) is 0 Å². The second kappa shape index (κ2) is 6.74. The van der Waals surface area contributed by atoms with Crippen LogP contribution in [0.15, 0.2) is 48.7 Å². The van der Waals surface area contributed by atoms with E-state index >= 15 is 0 Å². The molecule has 0 spiro atoms. The average Bonchev–Trinajstić information content (AvgIpc) is 2.65. The Morgan fingerprint density at radius 3 is 2.85 bits per heavy atom. The first-order chi connectivity index (χ1) is 12.6. The highest BCUT2D eigenvalue weighted by atomic mass is 32.2. The van der Waals surface area contributed by atoms with Gasteiger partial charge in [-0.05, 0) is 36.4 Å². The Hall–Kier alpha value is -2.38. The molecule has 2 aromatic heterocycles. The van der Waals surface area contributed by atoms with Crippen molar-refractivity contribution < 1.29 is 8.99 Å². The summed E-state index contributed by atoms with van der Waals surface area (Å²) in [5, 5.41) is 14.2. The highest BCUT2D eigenvalue weighted by Crippen LogP contribution is 2.32. The molecule has 7 heteroatoms. The minimum atomic E-state index is -0.928. The van der Waals surface area contributed by atoms with Gasteiger partial charge in [0.2, 0.25) is 0 Å². The van der Waals surface area contributed by atoms with Crippen molar-refractivity contribution in [1.82, 2.24) is 9.97 Å². The van der Waals surface area contributed by atoms with Gasteiger partial charge in [0, 0.05) is 55.1 Å². The van der Waals surface area contributed by atoms with E-state index in [2.05, 4.69) is 16.4 Å². The highest BCUT2D eigenvalue weighted by Gasteiger charge is 2.41. The van der Waals surface area contributed by atoms with Crippen molar-refractivity contribution in [3.63, 3.8) is 0 Å². The molecule has 1 aliphatic heterocycles. The average molecular weight is 370 g/mol. The van der Waals surface area contributed by atoms with Gasteiger partial charge in [-0.1, -0.05) is 6.07 Å². The van der Waals surface area contributed by atoms with E-state index in [1.807, 2.05) is 48.3 Å². The quantitative estimate of drug-likeness (QED) is 0.717. The van der Waals surface area contributed by atoms with E-state index in [-0.39, 0.29) is 17.9 Å². The van der Waals surface area contributed by atoms with Crippen LogP contribution in [-0.2, 0) is 0 Å². The summed E-state index contributed by atoms with van der Waals surface area (Å²) in [4.78, 5) is 11.0. The summed E-state index contributed by atoms with van der Waals surface area (Å²) in [6, 6.07) is 14.0. The predicted octanol–water partition coefficient (Wildman–Crippen LogP) is 3.51. The first-order valence-electron chi connectivity index (χ1n) is 8.36. The number of halogens is 1. The van der Waals surface area contributed by atoms with Crippen molar-refractivity contribution in [3.8, 4) is 11.3 Å². The van der Waals surface area contributed by atoms with E-state index < -0.39 is 5.60 Å². The number of nitrogens with one attached hydrogen (secondary N) is 1. The largest absolute Gasteiger partial charge is 0.385 e. The number of aliphatic hydroxyl groups is 1. The summed E-state index contributed by atoms with van der Waals surface area (Å²) < 4.78 is 12.4. The standard InChI is InChI=1S/C19H19FN4OS/c1-21-18-9-14(6-7-22-18)16-4-2-13-8-15(3-5-17(13)23-16)24-10-19(25,11-24)12-26-20/h2-9,25H,10-12H2,1H3,(H,21,22). The summed E-state index contributed by atoms with van der Waals surface area (Å²) >= 11 is 0.191. The maximum absolute atomic E-state index is 12.4. The fourth-order valence-corrected chi connectivity index (χ4v) is 3.62. The second-order valence-corrected chi connectivity index (χ2v) is 7.09. The van der Waals surface area contributed by atoms with Crippen molar-refractivity contribution in [1.29, 1.82) is 0 Å². The molecule has 0 unspecified atom stereocenters. The van der Waals surface area contributed by atoms with Crippen LogP contribution in [0.1, 0.15) is 0 Å². The number of fused-ring (bicyclic) bond motifs is 1. The molecule has 0 radical (unpaired) electrons. The predicted molar refractivity (Wildman–Crippen MR) is 105 cm³/mol. The molecule has 26 heavy (non-hydrogen) atoms. The van der Waals surface area contributed by atoms with Gasteiger partial charge in [-0.25, -0.2) is 9.97 Å². The van der Waals surface area contributed by atoms with Crippen LogP contribution in [0.25, 0.3) is 22.2 Å². The third-order valence-electron chi connectivity index (χ3n) is 4.64. The molecule has 1 saturated heterocycles. The van der Waals surface area contributed by atoms with Crippen LogP contribution in [0.4, 0.5) is 15.4 Å². The summed E-state index contributed by atoms with van der Waals surface area (Å²) in [5.74, 6) is 0.916. The van der Waals surface area contributed by atoms with Gasteiger partial charge >= 0.3 is 0 Å². The Balaban J connectivity index is 1.59. The Morgan fingerprint density at radius 2 is 2.08 bits per heavy atom. The first-order valence-corrected chi connectivity index (χ1v) is 9.25. The lowest BCUT2D eigenvalue weighted by Gasteiger charge is -2.47. The Bertz CT molecular complexity index is 946. The van der Waals surface area contributed by atoms with Crippen LogP contribution in [0.2, 0.25) is 0 Å². The number of aromatic nitrogens is 2. The van der Waals surface area contributed by atoms with E-state index in [0.717, 1.165) is 33.7 Å². The number of hydrogen-bond donors (Lipinski definition) is 2. The molecule has 0 bridgehead atoms. The zero-order chi connectivity index (χ0) is 18.1. The van der Waals surface area contributed by atoms with E-state index in [1.165, 1.54) is 0 Å². The number of hydrogen-bond acceptors (Lipinski definition) is 6. The van der Waals surface area contributed by atoms with Gasteiger partial charge < -0.3 is 15.3 Å². The van der Waals surface area contributed by atoms with Gasteiger partial charge in [-0.15, -0.1) is 0 Å². The van der Waals surface area contributed by atoms with Gasteiger partial charge in [0.15, 0.2) is 0 Å². The molecule has 0 saturated carbocycles. The lowest BCUT2D eigenvalue weighted by Crippen LogP contribution is -2.63. The van der Waals surface area contributed by atoms with E-state index in [9.17, 15) is 8.99 Å². The molecule has 3 aromatic rings. The summed E-state index contributed by atoms with van der Waals surface area (Å²) in [6.45, 7) is 0.898. The van der Waals surface area contributed by atoms with E-state index in [1.54, 1.807) is 6.20 Å². The zero-order valence-corrected chi connectivity index (χ0v) is 15.1. The monoisotopic (exact) mass is 370 g/mol. The van der Waals surface area contributed by atoms with E-state index in [0.29, 0.717) is 13.1 Å². The first kappa shape index (κ1) is 17.1. The SMILES string of the molecule is CNc1cc(-c2ccc3cc(N4CC(O)(CSF)C4)ccc3n2)ccn1. The van der Waals surface area contributed by atoms with Crippen LogP contribution in [0.3, 0.4) is 0 Å².